The summed E-state index contributed by atoms with van der Waals surface area (Å²) >= 11 is 0. The lowest BCUT2D eigenvalue weighted by atomic mass is 9.92. The molecule has 4 bridgehead atoms. The largest absolute Gasteiger partial charge is 0.508 e. The lowest BCUT2D eigenvalue weighted by molar-refractivity contribution is 0.108. The third kappa shape index (κ3) is 9.31. The van der Waals surface area contributed by atoms with Crippen LogP contribution in [0.3, 0.4) is 0 Å². The van der Waals surface area contributed by atoms with Gasteiger partial charge in [-0.2, -0.15) is 19.9 Å². The van der Waals surface area contributed by atoms with E-state index >= 15 is 4.39 Å². The average molecular weight is 1160 g/mol. The molecule has 4 aromatic carbocycles. The fraction of sp³-hybridized carbons (Fsp3) is 0.433. The van der Waals surface area contributed by atoms with E-state index in [4.69, 9.17) is 47.2 Å². The van der Waals surface area contributed by atoms with Crippen molar-refractivity contribution in [3.63, 3.8) is 0 Å². The van der Waals surface area contributed by atoms with Crippen LogP contribution in [0.2, 0.25) is 0 Å². The van der Waals surface area contributed by atoms with Crippen LogP contribution in [0.15, 0.2) is 60.9 Å². The molecule has 4 atom stereocenters. The first-order valence-corrected chi connectivity index (χ1v) is 30.5. The van der Waals surface area contributed by atoms with Crippen molar-refractivity contribution in [1.82, 2.24) is 50.3 Å². The topological polar surface area (TPSA) is 173 Å². The molecular weight excluding hydrogens is 1090 g/mol. The fourth-order valence-electron chi connectivity index (χ4n) is 16.0. The average Bonchev–Trinajstić information content (AvgIpc) is 1.54. The van der Waals surface area contributed by atoms with Crippen LogP contribution in [0, 0.1) is 49.1 Å². The van der Waals surface area contributed by atoms with Gasteiger partial charge in [0.1, 0.15) is 58.4 Å². The third-order valence-corrected chi connectivity index (χ3v) is 20.1. The number of aromatic hydroxyl groups is 2. The van der Waals surface area contributed by atoms with Crippen molar-refractivity contribution >= 4 is 55.2 Å². The molecule has 8 aliphatic rings. The number of nitrogens with zero attached hydrogens (tertiary/aromatic N) is 10. The van der Waals surface area contributed by atoms with E-state index in [-0.39, 0.29) is 56.4 Å². The molecule has 8 aliphatic heterocycles. The van der Waals surface area contributed by atoms with E-state index in [1.165, 1.54) is 49.4 Å². The number of hydrogen-bond acceptors (Lipinski definition) is 16. The van der Waals surface area contributed by atoms with Gasteiger partial charge in [0, 0.05) is 84.6 Å². The Morgan fingerprint density at radius 2 is 0.977 bits per heavy atom. The number of nitrogens with one attached hydrogen (secondary N) is 2. The van der Waals surface area contributed by atoms with Crippen molar-refractivity contribution in [3.8, 4) is 70.5 Å². The smallest absolute Gasteiger partial charge is 0.319 e. The molecule has 8 saturated heterocycles. The van der Waals surface area contributed by atoms with Crippen molar-refractivity contribution in [3.05, 3.63) is 95.1 Å². The minimum atomic E-state index is -0.655. The molecule has 0 radical (unpaired) electrons. The first kappa shape index (κ1) is 54.6. The Morgan fingerprint density at radius 1 is 0.558 bits per heavy atom. The second-order valence-electron chi connectivity index (χ2n) is 25.2. The molecule has 4 N–H and O–H groups in total. The monoisotopic (exact) mass is 1160 g/mol. The minimum absolute atomic E-state index is 0.00683. The summed E-state index contributed by atoms with van der Waals surface area (Å²) in [5.74, 6) is 4.49. The van der Waals surface area contributed by atoms with Gasteiger partial charge in [0.2, 0.25) is 0 Å². The number of phenols is 2. The van der Waals surface area contributed by atoms with E-state index < -0.39 is 17.5 Å². The number of aryl methyl sites for hydroxylation is 1. The van der Waals surface area contributed by atoms with E-state index in [2.05, 4.69) is 47.1 Å². The fourth-order valence-corrected chi connectivity index (χ4v) is 16.0. The van der Waals surface area contributed by atoms with Crippen LogP contribution in [0.4, 0.5) is 24.8 Å². The zero-order valence-corrected chi connectivity index (χ0v) is 48.1. The number of piperazine rings is 2. The molecule has 3 unspecified atom stereocenters. The van der Waals surface area contributed by atoms with Crippen molar-refractivity contribution < 1.29 is 32.9 Å². The predicted octanol–water partition coefficient (Wildman–Crippen LogP) is 9.69. The Kier molecular flexibility index (Phi) is 13.6. The number of aromatic nitrogens is 6. The van der Waals surface area contributed by atoms with Crippen LogP contribution in [0.1, 0.15) is 93.7 Å². The molecule has 440 valence electrons. The molecule has 4 aromatic heterocycles. The molecule has 0 spiro atoms. The van der Waals surface area contributed by atoms with Gasteiger partial charge < -0.3 is 40.1 Å². The number of ether oxygens (including phenoxy) is 2. The number of phenolic OH excluding ortho intramolecular Hbond substituents is 2. The highest BCUT2D eigenvalue weighted by molar-refractivity contribution is 6.05. The Bertz CT molecular complexity index is 3860. The summed E-state index contributed by atoms with van der Waals surface area (Å²) in [7, 11) is 0. The summed E-state index contributed by atoms with van der Waals surface area (Å²) in [6.07, 6.45) is 28.2. The van der Waals surface area contributed by atoms with Gasteiger partial charge in [-0.15, -0.1) is 12.8 Å². The Balaban J connectivity index is 0.000000145. The van der Waals surface area contributed by atoms with Gasteiger partial charge in [-0.1, -0.05) is 24.0 Å². The Morgan fingerprint density at radius 3 is 1.43 bits per heavy atom. The molecular formula is C67H67F3N12O4. The standard InChI is InChI=1S/C34H35FN6O2.C33H32F2N6O2/c1-3-25-28(35)9-6-21-14-24(42)15-26(29(21)25)27-16-36-31-30(20(27)2)38-33(43-19-34-10-4-12-41(34)13-5-11-34)39-32(31)40-17-22-7-8-23(18-40)37-22;1-2-23-26(34)8-5-19-13-22(42)14-24(27(19)23)25-15-36-30-29(28(25)35)38-32(43-18-33-9-3-11-41(33)12-4-10-33)39-31(30)40-16-20-6-7-21(17-40)37-20/h1,6,9,14-16,22-23,37,42H,4-5,7-8,10-13,17-19H2,2H3;1,5,8,13-15,20-21,37,42H,3-4,6-7,9-12,16-18H2/t22-,23?;/m0./s1. The first-order valence-electron chi connectivity index (χ1n) is 30.5. The van der Waals surface area contributed by atoms with Crippen molar-refractivity contribution in [2.45, 2.75) is 119 Å². The van der Waals surface area contributed by atoms with E-state index in [9.17, 15) is 19.0 Å². The highest BCUT2D eigenvalue weighted by atomic mass is 19.1. The van der Waals surface area contributed by atoms with Gasteiger partial charge in [0.25, 0.3) is 0 Å². The number of rotatable bonds is 10. The summed E-state index contributed by atoms with van der Waals surface area (Å²) in [4.78, 5) is 38.6. The molecule has 16 nitrogen and oxygen atoms in total. The zero-order valence-electron chi connectivity index (χ0n) is 48.1. The maximum atomic E-state index is 16.7. The summed E-state index contributed by atoms with van der Waals surface area (Å²) in [6.45, 7) is 10.5. The quantitative estimate of drug-likeness (QED) is 0.0953. The molecule has 16 rings (SSSR count). The van der Waals surface area contributed by atoms with Crippen molar-refractivity contribution in [2.75, 3.05) is 75.4 Å². The van der Waals surface area contributed by atoms with Crippen LogP contribution >= 0.6 is 0 Å². The number of fused-ring (bicyclic) bond motifs is 10. The second kappa shape index (κ2) is 21.4. The number of benzene rings is 4. The number of anilines is 2. The van der Waals surface area contributed by atoms with Crippen molar-refractivity contribution in [1.29, 1.82) is 0 Å². The maximum absolute atomic E-state index is 16.7. The summed E-state index contributed by atoms with van der Waals surface area (Å²) in [5, 5.41) is 30.5. The molecule has 0 aliphatic carbocycles. The highest BCUT2D eigenvalue weighted by Gasteiger charge is 2.47. The van der Waals surface area contributed by atoms with Crippen LogP contribution in [-0.4, -0.2) is 151 Å². The van der Waals surface area contributed by atoms with Crippen LogP contribution in [0.25, 0.3) is 65.9 Å². The van der Waals surface area contributed by atoms with E-state index in [1.807, 2.05) is 6.92 Å². The Labute approximate surface area is 496 Å². The second-order valence-corrected chi connectivity index (χ2v) is 25.2. The van der Waals surface area contributed by atoms with E-state index in [0.717, 1.165) is 134 Å². The normalized spacial score (nSPS) is 22.8. The lowest BCUT2D eigenvalue weighted by Gasteiger charge is -2.34. The number of pyridine rings is 2. The van der Waals surface area contributed by atoms with Gasteiger partial charge in [-0.3, -0.25) is 14.8 Å². The zero-order chi connectivity index (χ0) is 58.6. The van der Waals surface area contributed by atoms with E-state index in [0.29, 0.717) is 92.9 Å². The van der Waals surface area contributed by atoms with Crippen LogP contribution in [-0.2, 0) is 0 Å². The molecule has 0 amide bonds. The van der Waals surface area contributed by atoms with Gasteiger partial charge in [0.05, 0.1) is 22.2 Å². The lowest BCUT2D eigenvalue weighted by Crippen LogP contribution is -2.51. The van der Waals surface area contributed by atoms with E-state index in [1.54, 1.807) is 24.4 Å². The Hall–Kier alpha value is -8.07. The highest BCUT2D eigenvalue weighted by Crippen LogP contribution is 2.45. The SMILES string of the molecule is C#Cc1c(F)ccc2cc(O)cc(-c3cnc4c(N5CC6CCC(C5)N6)nc(OCC56CCCN5CCC6)nc4c3F)c12.C#Cc1c(F)ccc2cc(O)cc(-c3cnc4c(N5CC6CC[C@@H](C5)N6)nc(OCC56CCCN5CCC6)nc4c3C)c12. The molecule has 19 heteroatoms. The summed E-state index contributed by atoms with van der Waals surface area (Å²) < 4.78 is 59.2. The van der Waals surface area contributed by atoms with Gasteiger partial charge in [0.15, 0.2) is 17.5 Å². The molecule has 0 saturated carbocycles. The van der Waals surface area contributed by atoms with Crippen LogP contribution < -0.4 is 29.9 Å². The molecule has 8 aromatic rings. The number of terminal acetylenes is 2. The van der Waals surface area contributed by atoms with Gasteiger partial charge in [-0.05, 0) is 174 Å². The molecule has 12 heterocycles. The van der Waals surface area contributed by atoms with Crippen molar-refractivity contribution in [2.24, 2.45) is 0 Å². The number of halogens is 3. The first-order chi connectivity index (χ1) is 41.8. The molecule has 8 fully saturated rings. The predicted molar refractivity (Wildman–Crippen MR) is 325 cm³/mol. The van der Waals surface area contributed by atoms with Gasteiger partial charge >= 0.3 is 12.0 Å². The maximum Gasteiger partial charge on any atom is 0.319 e. The minimum Gasteiger partial charge on any atom is -0.508 e. The summed E-state index contributed by atoms with van der Waals surface area (Å²) in [6, 6.07) is 13.8. The summed E-state index contributed by atoms with van der Waals surface area (Å²) in [5.41, 5.74) is 4.43. The van der Waals surface area contributed by atoms with Gasteiger partial charge in [-0.25, -0.2) is 18.2 Å². The number of hydrogen-bond donors (Lipinski definition) is 4. The molecule has 86 heavy (non-hydrogen) atoms. The third-order valence-electron chi connectivity index (χ3n) is 20.1. The van der Waals surface area contributed by atoms with Crippen LogP contribution in [0.5, 0.6) is 23.5 Å².